The number of carbonyl (C=O) groups excluding carboxylic acids is 2. The fourth-order valence-electron chi connectivity index (χ4n) is 3.62. The number of rotatable bonds is 7. The molecule has 0 saturated heterocycles. The van der Waals surface area contributed by atoms with E-state index in [9.17, 15) is 22.4 Å². The Kier molecular flexibility index (Phi) is 7.55. The molecule has 0 bridgehead atoms. The van der Waals surface area contributed by atoms with E-state index in [1.807, 2.05) is 26.0 Å². The molecule has 0 saturated carbocycles. The molecule has 0 atom stereocenters. The first kappa shape index (κ1) is 26.2. The van der Waals surface area contributed by atoms with Gasteiger partial charge in [0.2, 0.25) is 0 Å². The Balaban J connectivity index is 1.77. The molecular weight excluding hydrogens is 517 g/mol. The van der Waals surface area contributed by atoms with Gasteiger partial charge in [-0.15, -0.1) is 0 Å². The quantitative estimate of drug-likeness (QED) is 0.345. The molecule has 0 radical (unpaired) electrons. The van der Waals surface area contributed by atoms with Crippen molar-refractivity contribution in [1.29, 1.82) is 0 Å². The van der Waals surface area contributed by atoms with E-state index < -0.39 is 27.7 Å². The van der Waals surface area contributed by atoms with E-state index in [-0.39, 0.29) is 34.1 Å². The monoisotopic (exact) mass is 541 g/mol. The first-order valence-corrected chi connectivity index (χ1v) is 13.6. The van der Waals surface area contributed by atoms with E-state index in [4.69, 9.17) is 4.74 Å². The topological polar surface area (TPSA) is 107 Å². The van der Waals surface area contributed by atoms with Gasteiger partial charge in [0.05, 0.1) is 33.0 Å². The van der Waals surface area contributed by atoms with Crippen LogP contribution in [0.5, 0.6) is 0 Å². The number of nitrogens with zero attached hydrogens (tertiary/aromatic N) is 2. The molecule has 0 spiro atoms. The van der Waals surface area contributed by atoms with Crippen LogP contribution < -0.4 is 9.52 Å². The minimum atomic E-state index is -4.09. The predicted molar refractivity (Wildman–Crippen MR) is 139 cm³/mol. The summed E-state index contributed by atoms with van der Waals surface area (Å²) in [5.74, 6) is -1.74. The summed E-state index contributed by atoms with van der Waals surface area (Å²) < 4.78 is 48.9. The molecule has 0 aliphatic heterocycles. The van der Waals surface area contributed by atoms with Crippen LogP contribution in [-0.2, 0) is 26.1 Å². The minimum Gasteiger partial charge on any atom is -0.465 e. The zero-order valence-corrected chi connectivity index (χ0v) is 22.0. The molecule has 192 valence electrons. The molecule has 1 heterocycles. The van der Waals surface area contributed by atoms with Crippen LogP contribution in [0.1, 0.15) is 28.4 Å². The van der Waals surface area contributed by atoms with Crippen molar-refractivity contribution in [2.24, 2.45) is 4.99 Å². The number of nitrogens with one attached hydrogen (secondary N) is 1. The molecule has 0 aliphatic rings. The maximum atomic E-state index is 13.3. The third-order valence-corrected chi connectivity index (χ3v) is 8.04. The Morgan fingerprint density at radius 2 is 1.73 bits per heavy atom. The predicted octanol–water partition coefficient (Wildman–Crippen LogP) is 4.56. The van der Waals surface area contributed by atoms with Gasteiger partial charge in [0.1, 0.15) is 12.4 Å². The van der Waals surface area contributed by atoms with Crippen LogP contribution in [0.25, 0.3) is 10.2 Å². The summed E-state index contributed by atoms with van der Waals surface area (Å²) in [6.45, 7) is 5.70. The average molecular weight is 542 g/mol. The zero-order valence-electron chi connectivity index (χ0n) is 20.3. The van der Waals surface area contributed by atoms with Gasteiger partial charge in [0, 0.05) is 0 Å². The molecule has 1 aromatic heterocycles. The summed E-state index contributed by atoms with van der Waals surface area (Å²) >= 11 is 1.24. The first-order valence-electron chi connectivity index (χ1n) is 11.3. The molecule has 37 heavy (non-hydrogen) atoms. The Hall–Kier alpha value is -3.83. The van der Waals surface area contributed by atoms with Gasteiger partial charge in [0.15, 0.2) is 4.80 Å². The highest BCUT2D eigenvalue weighted by Crippen LogP contribution is 2.24. The van der Waals surface area contributed by atoms with Crippen molar-refractivity contribution in [3.05, 3.63) is 88.0 Å². The van der Waals surface area contributed by atoms with Crippen LogP contribution in [0.3, 0.4) is 0 Å². The van der Waals surface area contributed by atoms with Gasteiger partial charge in [-0.25, -0.2) is 12.8 Å². The van der Waals surface area contributed by atoms with Gasteiger partial charge in [-0.1, -0.05) is 23.5 Å². The Morgan fingerprint density at radius 1 is 1.05 bits per heavy atom. The fourth-order valence-corrected chi connectivity index (χ4v) is 5.81. The SMILES string of the molecule is CCOC(=O)Cn1c(=NC(=O)c2ccccc2NS(=O)(=O)c2ccc(F)cc2)sc2cc(C)c(C)cc21. The van der Waals surface area contributed by atoms with Crippen LogP contribution in [0.2, 0.25) is 0 Å². The lowest BCUT2D eigenvalue weighted by molar-refractivity contribution is -0.143. The summed E-state index contributed by atoms with van der Waals surface area (Å²) in [4.78, 5) is 30.0. The van der Waals surface area contributed by atoms with Crippen LogP contribution >= 0.6 is 11.3 Å². The molecule has 4 rings (SSSR count). The van der Waals surface area contributed by atoms with Crippen molar-refractivity contribution < 1.29 is 27.1 Å². The maximum Gasteiger partial charge on any atom is 0.326 e. The summed E-state index contributed by atoms with van der Waals surface area (Å²) in [5.41, 5.74) is 2.83. The molecule has 4 aromatic rings. The van der Waals surface area contributed by atoms with Gasteiger partial charge in [0.25, 0.3) is 15.9 Å². The number of aryl methyl sites for hydroxylation is 2. The fraction of sp³-hybridized carbons (Fsp3) is 0.192. The number of ether oxygens (including phenoxy) is 1. The second-order valence-corrected chi connectivity index (χ2v) is 10.9. The van der Waals surface area contributed by atoms with Gasteiger partial charge in [-0.05, 0) is 80.4 Å². The number of hydrogen-bond acceptors (Lipinski definition) is 6. The van der Waals surface area contributed by atoms with E-state index >= 15 is 0 Å². The van der Waals surface area contributed by atoms with Gasteiger partial charge >= 0.3 is 5.97 Å². The number of carbonyl (C=O) groups is 2. The van der Waals surface area contributed by atoms with E-state index in [2.05, 4.69) is 9.71 Å². The lowest BCUT2D eigenvalue weighted by Crippen LogP contribution is -2.23. The van der Waals surface area contributed by atoms with Crippen molar-refractivity contribution in [3.63, 3.8) is 0 Å². The third-order valence-electron chi connectivity index (χ3n) is 5.61. The van der Waals surface area contributed by atoms with Crippen molar-refractivity contribution >= 4 is 49.1 Å². The largest absolute Gasteiger partial charge is 0.465 e. The summed E-state index contributed by atoms with van der Waals surface area (Å²) in [6, 6.07) is 14.3. The molecule has 3 aromatic carbocycles. The number of halogens is 1. The van der Waals surface area contributed by atoms with E-state index in [0.717, 1.165) is 45.6 Å². The smallest absolute Gasteiger partial charge is 0.326 e. The highest BCUT2D eigenvalue weighted by atomic mass is 32.2. The van der Waals surface area contributed by atoms with Crippen LogP contribution in [0.4, 0.5) is 10.1 Å². The number of amides is 1. The third kappa shape index (κ3) is 5.78. The summed E-state index contributed by atoms with van der Waals surface area (Å²) in [6.07, 6.45) is 0. The number of fused-ring (bicyclic) bond motifs is 1. The number of benzene rings is 3. The number of aromatic nitrogens is 1. The van der Waals surface area contributed by atoms with Crippen molar-refractivity contribution in [2.75, 3.05) is 11.3 Å². The minimum absolute atomic E-state index is 0.0145. The Bertz CT molecular complexity index is 1670. The molecule has 11 heteroatoms. The summed E-state index contributed by atoms with van der Waals surface area (Å²) in [7, 11) is -4.09. The Labute approximate surface area is 217 Å². The van der Waals surface area contributed by atoms with Crippen molar-refractivity contribution in [1.82, 2.24) is 4.57 Å². The standard InChI is InChI=1S/C26H24FN3O5S2/c1-4-35-24(31)15-30-22-13-16(2)17(3)14-23(22)36-26(30)28-25(32)20-7-5-6-8-21(20)29-37(33,34)19-11-9-18(27)10-12-19/h5-14,29H,4,15H2,1-3H3. The number of hydrogen-bond donors (Lipinski definition) is 1. The van der Waals surface area contributed by atoms with Crippen molar-refractivity contribution in [3.8, 4) is 0 Å². The highest BCUT2D eigenvalue weighted by molar-refractivity contribution is 7.92. The number of sulfonamides is 1. The van der Waals surface area contributed by atoms with Crippen molar-refractivity contribution in [2.45, 2.75) is 32.2 Å². The molecule has 1 amide bonds. The lowest BCUT2D eigenvalue weighted by atomic mass is 10.1. The molecule has 0 fully saturated rings. The van der Waals surface area contributed by atoms with E-state index in [0.29, 0.717) is 0 Å². The van der Waals surface area contributed by atoms with Gasteiger partial charge in [-0.2, -0.15) is 4.99 Å². The molecule has 0 aliphatic carbocycles. The molecule has 0 unspecified atom stereocenters. The molecular formula is C26H24FN3O5S2. The lowest BCUT2D eigenvalue weighted by Gasteiger charge is -2.11. The number of esters is 1. The van der Waals surface area contributed by atoms with E-state index in [1.165, 1.54) is 23.5 Å². The van der Waals surface area contributed by atoms with Gasteiger partial charge in [-0.3, -0.25) is 14.3 Å². The first-order chi connectivity index (χ1) is 17.6. The van der Waals surface area contributed by atoms with E-state index in [1.54, 1.807) is 23.6 Å². The number of anilines is 1. The average Bonchev–Trinajstić information content (AvgIpc) is 3.15. The maximum absolute atomic E-state index is 13.3. The second kappa shape index (κ2) is 10.7. The highest BCUT2D eigenvalue weighted by Gasteiger charge is 2.20. The Morgan fingerprint density at radius 3 is 2.43 bits per heavy atom. The zero-order chi connectivity index (χ0) is 26.7. The summed E-state index contributed by atoms with van der Waals surface area (Å²) in [5, 5.41) is 0. The van der Waals surface area contributed by atoms with Crippen LogP contribution in [-0.4, -0.2) is 31.5 Å². The number of para-hydroxylation sites is 1. The van der Waals surface area contributed by atoms with Gasteiger partial charge < -0.3 is 9.30 Å². The molecule has 1 N–H and O–H groups in total. The second-order valence-electron chi connectivity index (χ2n) is 8.20. The van der Waals surface area contributed by atoms with Crippen LogP contribution in [0, 0.1) is 19.7 Å². The number of thiazole rings is 1. The normalized spacial score (nSPS) is 12.1. The van der Waals surface area contributed by atoms with Crippen LogP contribution in [0.15, 0.2) is 70.6 Å². The molecule has 8 nitrogen and oxygen atoms in total.